The van der Waals surface area contributed by atoms with Gasteiger partial charge in [-0.15, -0.1) is 0 Å². The Morgan fingerprint density at radius 3 is 3.00 bits per heavy atom. The summed E-state index contributed by atoms with van der Waals surface area (Å²) in [6.07, 6.45) is 1.60. The van der Waals surface area contributed by atoms with Crippen LogP contribution in [-0.2, 0) is 0 Å². The van der Waals surface area contributed by atoms with Gasteiger partial charge in [0.2, 0.25) is 5.88 Å². The highest BCUT2D eigenvalue weighted by atomic mass is 16.5. The highest BCUT2D eigenvalue weighted by molar-refractivity contribution is 5.75. The summed E-state index contributed by atoms with van der Waals surface area (Å²) in [6, 6.07) is 3.68. The summed E-state index contributed by atoms with van der Waals surface area (Å²) in [5.41, 5.74) is 2.10. The van der Waals surface area contributed by atoms with E-state index in [4.69, 9.17) is 4.74 Å². The summed E-state index contributed by atoms with van der Waals surface area (Å²) in [5.74, 6) is 1.20. The molecule has 0 aliphatic rings. The van der Waals surface area contributed by atoms with Gasteiger partial charge in [0.15, 0.2) is 11.5 Å². The standard InChI is InChI=1S/C10H10N6O/c1-2-17-8-4-3-6-9(13-8)14-10(12-6)7-5-11-16-15-7/h3-5H,2H2,1H3,(H,11,15,16)(H,12,13,14). The lowest BCUT2D eigenvalue weighted by atomic mass is 10.4. The van der Waals surface area contributed by atoms with Crippen LogP contribution in [0.4, 0.5) is 0 Å². The van der Waals surface area contributed by atoms with Crippen molar-refractivity contribution in [1.82, 2.24) is 30.4 Å². The van der Waals surface area contributed by atoms with Gasteiger partial charge in [0.1, 0.15) is 5.69 Å². The molecule has 0 saturated carbocycles. The van der Waals surface area contributed by atoms with E-state index in [0.717, 1.165) is 5.52 Å². The average Bonchev–Trinajstić information content (AvgIpc) is 2.97. The van der Waals surface area contributed by atoms with E-state index >= 15 is 0 Å². The van der Waals surface area contributed by atoms with Crippen LogP contribution in [0.25, 0.3) is 22.7 Å². The molecule has 0 aliphatic heterocycles. The molecular weight excluding hydrogens is 220 g/mol. The SMILES string of the molecule is CCOc1ccc2[nH]c(-c3cn[nH]n3)nc2n1. The molecule has 3 aromatic rings. The Kier molecular flexibility index (Phi) is 2.21. The number of fused-ring (bicyclic) bond motifs is 1. The van der Waals surface area contributed by atoms with Crippen molar-refractivity contribution in [2.75, 3.05) is 6.61 Å². The number of nitrogens with one attached hydrogen (secondary N) is 2. The van der Waals surface area contributed by atoms with Crippen LogP contribution in [0.1, 0.15) is 6.92 Å². The summed E-state index contributed by atoms with van der Waals surface area (Å²) in [4.78, 5) is 11.7. The third-order valence-electron chi connectivity index (χ3n) is 2.27. The molecule has 17 heavy (non-hydrogen) atoms. The minimum Gasteiger partial charge on any atom is -0.478 e. The lowest BCUT2D eigenvalue weighted by Crippen LogP contribution is -1.93. The van der Waals surface area contributed by atoms with E-state index in [1.165, 1.54) is 0 Å². The molecule has 0 bridgehead atoms. The maximum atomic E-state index is 5.31. The topological polar surface area (TPSA) is 92.4 Å². The quantitative estimate of drug-likeness (QED) is 0.703. The number of hydrogen-bond donors (Lipinski definition) is 2. The minimum absolute atomic E-state index is 0.568. The van der Waals surface area contributed by atoms with E-state index in [-0.39, 0.29) is 0 Å². The monoisotopic (exact) mass is 230 g/mol. The molecule has 7 nitrogen and oxygen atoms in total. The minimum atomic E-state index is 0.568. The number of hydrogen-bond acceptors (Lipinski definition) is 5. The molecule has 0 amide bonds. The molecule has 0 fully saturated rings. The van der Waals surface area contributed by atoms with E-state index in [9.17, 15) is 0 Å². The molecule has 7 heteroatoms. The zero-order valence-electron chi connectivity index (χ0n) is 9.14. The van der Waals surface area contributed by atoms with Crippen molar-refractivity contribution in [3.05, 3.63) is 18.3 Å². The smallest absolute Gasteiger partial charge is 0.215 e. The molecule has 0 saturated heterocycles. The lowest BCUT2D eigenvalue weighted by Gasteiger charge is -1.99. The first-order valence-electron chi connectivity index (χ1n) is 5.22. The van der Waals surface area contributed by atoms with Crippen molar-refractivity contribution < 1.29 is 4.74 Å². The third-order valence-corrected chi connectivity index (χ3v) is 2.27. The molecular formula is C10H10N6O. The molecule has 2 N–H and O–H groups in total. The van der Waals surface area contributed by atoms with Crippen LogP contribution in [0, 0.1) is 0 Å². The molecule has 0 radical (unpaired) electrons. The van der Waals surface area contributed by atoms with Crippen LogP contribution >= 0.6 is 0 Å². The molecule has 0 aliphatic carbocycles. The fraction of sp³-hybridized carbons (Fsp3) is 0.200. The van der Waals surface area contributed by atoms with Crippen LogP contribution in [0.3, 0.4) is 0 Å². The number of rotatable bonds is 3. The molecule has 0 spiro atoms. The van der Waals surface area contributed by atoms with Gasteiger partial charge in [-0.05, 0) is 13.0 Å². The van der Waals surface area contributed by atoms with Gasteiger partial charge in [-0.25, -0.2) is 4.98 Å². The van der Waals surface area contributed by atoms with E-state index < -0.39 is 0 Å². The Labute approximate surface area is 96.2 Å². The van der Waals surface area contributed by atoms with Crippen molar-refractivity contribution in [1.29, 1.82) is 0 Å². The van der Waals surface area contributed by atoms with Gasteiger partial charge in [0.05, 0.1) is 18.3 Å². The predicted molar refractivity (Wildman–Crippen MR) is 60.4 cm³/mol. The number of H-pyrrole nitrogens is 2. The van der Waals surface area contributed by atoms with E-state index in [1.54, 1.807) is 12.3 Å². The van der Waals surface area contributed by atoms with E-state index in [0.29, 0.717) is 29.7 Å². The number of aromatic nitrogens is 6. The molecule has 3 rings (SSSR count). The number of aromatic amines is 2. The van der Waals surface area contributed by atoms with Crippen molar-refractivity contribution in [3.8, 4) is 17.4 Å². The highest BCUT2D eigenvalue weighted by Gasteiger charge is 2.09. The maximum Gasteiger partial charge on any atom is 0.215 e. The van der Waals surface area contributed by atoms with Crippen LogP contribution in [0.15, 0.2) is 18.3 Å². The van der Waals surface area contributed by atoms with Gasteiger partial charge in [0, 0.05) is 6.07 Å². The van der Waals surface area contributed by atoms with Crippen LogP contribution in [-0.4, -0.2) is 37.0 Å². The average molecular weight is 230 g/mol. The molecule has 86 valence electrons. The molecule has 3 heterocycles. The Balaban J connectivity index is 2.07. The summed E-state index contributed by atoms with van der Waals surface area (Å²) in [5, 5.41) is 10.2. The number of pyridine rings is 1. The first-order chi connectivity index (χ1) is 8.36. The van der Waals surface area contributed by atoms with Crippen molar-refractivity contribution in [2.45, 2.75) is 6.92 Å². The van der Waals surface area contributed by atoms with Gasteiger partial charge in [0.25, 0.3) is 0 Å². The second-order valence-corrected chi connectivity index (χ2v) is 3.39. The second kappa shape index (κ2) is 3.85. The molecule has 0 atom stereocenters. The van der Waals surface area contributed by atoms with E-state index in [2.05, 4.69) is 30.4 Å². The third kappa shape index (κ3) is 1.71. The Morgan fingerprint density at radius 1 is 1.29 bits per heavy atom. The van der Waals surface area contributed by atoms with Gasteiger partial charge in [-0.2, -0.15) is 20.4 Å². The number of ether oxygens (including phenoxy) is 1. The Morgan fingerprint density at radius 2 is 2.24 bits per heavy atom. The van der Waals surface area contributed by atoms with Gasteiger partial charge >= 0.3 is 0 Å². The molecule has 0 aromatic carbocycles. The summed E-state index contributed by atoms with van der Waals surface area (Å²) < 4.78 is 5.31. The van der Waals surface area contributed by atoms with Gasteiger partial charge < -0.3 is 9.72 Å². The Hall–Kier alpha value is -2.44. The largest absolute Gasteiger partial charge is 0.478 e. The first-order valence-corrected chi connectivity index (χ1v) is 5.22. The highest BCUT2D eigenvalue weighted by Crippen LogP contribution is 2.18. The number of imidazole rings is 1. The van der Waals surface area contributed by atoms with Crippen molar-refractivity contribution in [2.24, 2.45) is 0 Å². The molecule has 0 unspecified atom stereocenters. The number of nitrogens with zero attached hydrogens (tertiary/aromatic N) is 4. The molecule has 3 aromatic heterocycles. The normalized spacial score (nSPS) is 10.9. The van der Waals surface area contributed by atoms with Crippen molar-refractivity contribution in [3.63, 3.8) is 0 Å². The lowest BCUT2D eigenvalue weighted by molar-refractivity contribution is 0.328. The summed E-state index contributed by atoms with van der Waals surface area (Å²) in [7, 11) is 0. The van der Waals surface area contributed by atoms with Gasteiger partial charge in [-0.3, -0.25) is 0 Å². The van der Waals surface area contributed by atoms with Crippen molar-refractivity contribution >= 4 is 11.2 Å². The maximum absolute atomic E-state index is 5.31. The van der Waals surface area contributed by atoms with E-state index in [1.807, 2.05) is 13.0 Å². The van der Waals surface area contributed by atoms with Crippen LogP contribution < -0.4 is 4.74 Å². The van der Waals surface area contributed by atoms with Gasteiger partial charge in [-0.1, -0.05) is 0 Å². The fourth-order valence-corrected chi connectivity index (χ4v) is 1.54. The summed E-state index contributed by atoms with van der Waals surface area (Å²) >= 11 is 0. The predicted octanol–water partition coefficient (Wildman–Crippen LogP) is 1.14. The van der Waals surface area contributed by atoms with Crippen LogP contribution in [0.2, 0.25) is 0 Å². The zero-order valence-corrected chi connectivity index (χ0v) is 9.14. The first kappa shape index (κ1) is 9.76. The second-order valence-electron chi connectivity index (χ2n) is 3.39. The van der Waals surface area contributed by atoms with Crippen LogP contribution in [0.5, 0.6) is 5.88 Å². The Bertz CT molecular complexity index is 629. The fourth-order valence-electron chi connectivity index (χ4n) is 1.54. The summed E-state index contributed by atoms with van der Waals surface area (Å²) in [6.45, 7) is 2.50. The zero-order chi connectivity index (χ0) is 11.7.